The van der Waals surface area contributed by atoms with Crippen molar-refractivity contribution in [1.82, 2.24) is 9.78 Å². The van der Waals surface area contributed by atoms with Gasteiger partial charge in [0, 0.05) is 19.6 Å². The van der Waals surface area contributed by atoms with Crippen molar-refractivity contribution < 1.29 is 4.79 Å². The zero-order chi connectivity index (χ0) is 15.0. The Balaban J connectivity index is 2.36. The molecule has 2 rings (SSSR count). The van der Waals surface area contributed by atoms with Gasteiger partial charge in [-0.1, -0.05) is 13.8 Å². The molecule has 1 saturated heterocycles. The van der Waals surface area contributed by atoms with E-state index in [0.717, 1.165) is 30.0 Å². The molecule has 0 aliphatic carbocycles. The first-order valence-corrected chi connectivity index (χ1v) is 7.21. The average Bonchev–Trinajstić information content (AvgIpc) is 2.66. The Bertz CT molecular complexity index is 508. The fourth-order valence-corrected chi connectivity index (χ4v) is 2.95. The van der Waals surface area contributed by atoms with E-state index in [0.29, 0.717) is 12.6 Å². The Morgan fingerprint density at radius 3 is 2.55 bits per heavy atom. The van der Waals surface area contributed by atoms with E-state index in [1.807, 2.05) is 11.7 Å². The van der Waals surface area contributed by atoms with Crippen LogP contribution in [0, 0.1) is 5.92 Å². The number of primary amides is 1. The number of amides is 1. The second-order valence-electron chi connectivity index (χ2n) is 6.08. The highest BCUT2D eigenvalue weighted by Gasteiger charge is 2.32. The van der Waals surface area contributed by atoms with Gasteiger partial charge in [-0.3, -0.25) is 9.48 Å². The zero-order valence-electron chi connectivity index (χ0n) is 12.8. The Hall–Kier alpha value is -1.72. The summed E-state index contributed by atoms with van der Waals surface area (Å²) in [5.41, 5.74) is 13.4. The first-order valence-electron chi connectivity index (χ1n) is 7.21. The Labute approximate surface area is 120 Å². The molecular formula is C14H25N5O. The lowest BCUT2D eigenvalue weighted by atomic mass is 9.93. The number of aryl methyl sites for hydroxylation is 1. The van der Waals surface area contributed by atoms with Crippen LogP contribution >= 0.6 is 0 Å². The van der Waals surface area contributed by atoms with Crippen molar-refractivity contribution in [2.75, 3.05) is 17.2 Å². The number of nitrogen functional groups attached to an aromatic ring is 1. The van der Waals surface area contributed by atoms with Gasteiger partial charge in [0.1, 0.15) is 0 Å². The first-order chi connectivity index (χ1) is 9.32. The SMILES string of the molecule is CC(C)c1nn(C)c(N2CC(C(N)=O)CCC2C)c1N. The van der Waals surface area contributed by atoms with Crippen molar-refractivity contribution in [3.05, 3.63) is 5.69 Å². The maximum absolute atomic E-state index is 11.5. The highest BCUT2D eigenvalue weighted by atomic mass is 16.1. The molecule has 0 bridgehead atoms. The molecule has 1 aromatic rings. The van der Waals surface area contributed by atoms with Crippen LogP contribution < -0.4 is 16.4 Å². The summed E-state index contributed by atoms with van der Waals surface area (Å²) in [4.78, 5) is 13.6. The van der Waals surface area contributed by atoms with Crippen LogP contribution in [0.5, 0.6) is 0 Å². The smallest absolute Gasteiger partial charge is 0.222 e. The molecule has 2 atom stereocenters. The number of hydrogen-bond donors (Lipinski definition) is 2. The lowest BCUT2D eigenvalue weighted by molar-refractivity contribution is -0.122. The molecular weight excluding hydrogens is 254 g/mol. The second-order valence-corrected chi connectivity index (χ2v) is 6.08. The molecule has 4 N–H and O–H groups in total. The molecule has 0 aromatic carbocycles. The predicted molar refractivity (Wildman–Crippen MR) is 80.4 cm³/mol. The molecule has 6 nitrogen and oxygen atoms in total. The maximum atomic E-state index is 11.5. The minimum atomic E-state index is -0.230. The van der Waals surface area contributed by atoms with Gasteiger partial charge >= 0.3 is 0 Å². The molecule has 2 unspecified atom stereocenters. The van der Waals surface area contributed by atoms with Gasteiger partial charge < -0.3 is 16.4 Å². The summed E-state index contributed by atoms with van der Waals surface area (Å²) >= 11 is 0. The summed E-state index contributed by atoms with van der Waals surface area (Å²) < 4.78 is 1.82. The van der Waals surface area contributed by atoms with E-state index in [1.54, 1.807) is 0 Å². The van der Waals surface area contributed by atoms with Crippen LogP contribution in [-0.2, 0) is 11.8 Å². The predicted octanol–water partition coefficient (Wildman–Crippen LogP) is 1.22. The highest BCUT2D eigenvalue weighted by Crippen LogP contribution is 2.35. The van der Waals surface area contributed by atoms with E-state index in [2.05, 4.69) is 30.8 Å². The van der Waals surface area contributed by atoms with Crippen molar-refractivity contribution in [2.24, 2.45) is 18.7 Å². The van der Waals surface area contributed by atoms with Crippen molar-refractivity contribution in [3.63, 3.8) is 0 Å². The normalized spacial score (nSPS) is 23.4. The van der Waals surface area contributed by atoms with E-state index in [4.69, 9.17) is 11.5 Å². The Kier molecular flexibility index (Phi) is 3.92. The number of nitrogens with two attached hydrogens (primary N) is 2. The summed E-state index contributed by atoms with van der Waals surface area (Å²) in [6.07, 6.45) is 1.79. The molecule has 1 aromatic heterocycles. The van der Waals surface area contributed by atoms with Gasteiger partial charge in [0.2, 0.25) is 5.91 Å². The van der Waals surface area contributed by atoms with Crippen molar-refractivity contribution in [1.29, 1.82) is 0 Å². The molecule has 1 fully saturated rings. The fraction of sp³-hybridized carbons (Fsp3) is 0.714. The van der Waals surface area contributed by atoms with E-state index in [-0.39, 0.29) is 17.7 Å². The van der Waals surface area contributed by atoms with Crippen LogP contribution in [0.3, 0.4) is 0 Å². The van der Waals surface area contributed by atoms with Crippen LogP contribution in [-0.4, -0.2) is 28.3 Å². The molecule has 1 aliphatic heterocycles. The topological polar surface area (TPSA) is 90.2 Å². The number of rotatable bonds is 3. The molecule has 0 saturated carbocycles. The van der Waals surface area contributed by atoms with E-state index < -0.39 is 0 Å². The molecule has 112 valence electrons. The number of piperidine rings is 1. The lowest BCUT2D eigenvalue weighted by Crippen LogP contribution is -2.46. The third kappa shape index (κ3) is 2.46. The van der Waals surface area contributed by atoms with E-state index in [9.17, 15) is 4.79 Å². The average molecular weight is 279 g/mol. The number of carbonyl (C=O) groups is 1. The minimum Gasteiger partial charge on any atom is -0.394 e. The summed E-state index contributed by atoms with van der Waals surface area (Å²) in [6, 6.07) is 0.336. The monoisotopic (exact) mass is 279 g/mol. The third-order valence-corrected chi connectivity index (χ3v) is 4.18. The van der Waals surface area contributed by atoms with Crippen LogP contribution in [0.2, 0.25) is 0 Å². The van der Waals surface area contributed by atoms with Gasteiger partial charge in [0.05, 0.1) is 17.3 Å². The number of anilines is 2. The highest BCUT2D eigenvalue weighted by molar-refractivity contribution is 5.78. The standard InChI is InChI=1S/C14H25N5O/c1-8(2)12-11(15)14(18(4)17-12)19-7-10(13(16)20)6-5-9(19)3/h8-10H,5-7,15H2,1-4H3,(H2,16,20). The van der Waals surface area contributed by atoms with Crippen LogP contribution in [0.4, 0.5) is 11.5 Å². The van der Waals surface area contributed by atoms with Gasteiger partial charge in [0.25, 0.3) is 0 Å². The zero-order valence-corrected chi connectivity index (χ0v) is 12.8. The first kappa shape index (κ1) is 14.7. The molecule has 0 spiro atoms. The van der Waals surface area contributed by atoms with Gasteiger partial charge in [0.15, 0.2) is 5.82 Å². The van der Waals surface area contributed by atoms with E-state index >= 15 is 0 Å². The second kappa shape index (κ2) is 5.34. The Morgan fingerprint density at radius 2 is 2.05 bits per heavy atom. The van der Waals surface area contributed by atoms with Crippen molar-refractivity contribution >= 4 is 17.4 Å². The number of carbonyl (C=O) groups excluding carboxylic acids is 1. The molecule has 2 heterocycles. The van der Waals surface area contributed by atoms with E-state index in [1.165, 1.54) is 0 Å². The molecule has 1 amide bonds. The Morgan fingerprint density at radius 1 is 1.40 bits per heavy atom. The number of hydrogen-bond acceptors (Lipinski definition) is 4. The number of nitrogens with zero attached hydrogens (tertiary/aromatic N) is 3. The third-order valence-electron chi connectivity index (χ3n) is 4.18. The summed E-state index contributed by atoms with van der Waals surface area (Å²) in [5, 5.41) is 4.52. The summed E-state index contributed by atoms with van der Waals surface area (Å²) in [7, 11) is 1.90. The van der Waals surface area contributed by atoms with Crippen LogP contribution in [0.15, 0.2) is 0 Å². The quantitative estimate of drug-likeness (QED) is 0.870. The molecule has 20 heavy (non-hydrogen) atoms. The van der Waals surface area contributed by atoms with Crippen molar-refractivity contribution in [3.8, 4) is 0 Å². The van der Waals surface area contributed by atoms with Gasteiger partial charge in [-0.15, -0.1) is 0 Å². The molecule has 6 heteroatoms. The van der Waals surface area contributed by atoms with Gasteiger partial charge in [-0.05, 0) is 25.7 Å². The van der Waals surface area contributed by atoms with Crippen LogP contribution in [0.25, 0.3) is 0 Å². The maximum Gasteiger partial charge on any atom is 0.222 e. The van der Waals surface area contributed by atoms with Gasteiger partial charge in [-0.2, -0.15) is 5.10 Å². The summed E-state index contributed by atoms with van der Waals surface area (Å²) in [5.74, 6) is 0.851. The van der Waals surface area contributed by atoms with Gasteiger partial charge in [-0.25, -0.2) is 0 Å². The fourth-order valence-electron chi connectivity index (χ4n) is 2.95. The molecule has 0 radical (unpaired) electrons. The summed E-state index contributed by atoms with van der Waals surface area (Å²) in [6.45, 7) is 6.93. The lowest BCUT2D eigenvalue weighted by Gasteiger charge is -2.38. The molecule has 1 aliphatic rings. The minimum absolute atomic E-state index is 0.108. The largest absolute Gasteiger partial charge is 0.394 e. The van der Waals surface area contributed by atoms with Crippen LogP contribution in [0.1, 0.15) is 45.2 Å². The number of aromatic nitrogens is 2. The van der Waals surface area contributed by atoms with Crippen molar-refractivity contribution in [2.45, 2.75) is 45.6 Å².